The van der Waals surface area contributed by atoms with E-state index in [1.54, 1.807) is 6.92 Å². The molecule has 0 radical (unpaired) electrons. The second-order valence-electron chi connectivity index (χ2n) is 5.63. The molecule has 100 valence electrons. The summed E-state index contributed by atoms with van der Waals surface area (Å²) in [4.78, 5) is 11.8. The molecule has 1 saturated heterocycles. The standard InChI is InChI=1S/C11H22N2O3S/c1-8(2)6-9(12)10(14)13-11(3)4-5-17(15,16)7-11/h8-9H,4-7,12H2,1-3H3,(H,13,14). The molecule has 1 fully saturated rings. The van der Waals surface area contributed by atoms with Gasteiger partial charge in [0.15, 0.2) is 9.84 Å². The van der Waals surface area contributed by atoms with Crippen LogP contribution in [0.3, 0.4) is 0 Å². The molecule has 1 rings (SSSR count). The minimum absolute atomic E-state index is 0.0140. The minimum atomic E-state index is -3.00. The largest absolute Gasteiger partial charge is 0.349 e. The van der Waals surface area contributed by atoms with Crippen molar-refractivity contribution in [2.75, 3.05) is 11.5 Å². The van der Waals surface area contributed by atoms with Crippen LogP contribution in [0.15, 0.2) is 0 Å². The summed E-state index contributed by atoms with van der Waals surface area (Å²) in [5.74, 6) is 0.248. The molecule has 0 bridgehead atoms. The normalized spacial score (nSPS) is 29.2. The van der Waals surface area contributed by atoms with Crippen molar-refractivity contribution in [2.24, 2.45) is 11.7 Å². The van der Waals surface area contributed by atoms with Crippen LogP contribution < -0.4 is 11.1 Å². The third-order valence-corrected chi connectivity index (χ3v) is 4.89. The molecule has 1 heterocycles. The predicted octanol–water partition coefficient (Wildman–Crippen LogP) is 0.0532. The van der Waals surface area contributed by atoms with Gasteiger partial charge in [-0.15, -0.1) is 0 Å². The summed E-state index contributed by atoms with van der Waals surface area (Å²) in [6, 6.07) is -0.560. The van der Waals surface area contributed by atoms with Crippen molar-refractivity contribution in [3.05, 3.63) is 0 Å². The molecule has 0 aromatic heterocycles. The van der Waals surface area contributed by atoms with Crippen LogP contribution in [0.4, 0.5) is 0 Å². The first-order valence-corrected chi connectivity index (χ1v) is 7.74. The van der Waals surface area contributed by atoms with E-state index in [1.807, 2.05) is 13.8 Å². The molecule has 0 aromatic carbocycles. The predicted molar refractivity (Wildman–Crippen MR) is 67.2 cm³/mol. The highest BCUT2D eigenvalue weighted by Crippen LogP contribution is 2.23. The molecular formula is C11H22N2O3S. The molecule has 2 atom stereocenters. The number of carbonyl (C=O) groups excluding carboxylic acids is 1. The number of nitrogens with one attached hydrogen (secondary N) is 1. The highest BCUT2D eigenvalue weighted by Gasteiger charge is 2.40. The first-order valence-electron chi connectivity index (χ1n) is 5.92. The quantitative estimate of drug-likeness (QED) is 0.749. The lowest BCUT2D eigenvalue weighted by Crippen LogP contribution is -2.53. The molecular weight excluding hydrogens is 240 g/mol. The highest BCUT2D eigenvalue weighted by molar-refractivity contribution is 7.91. The Morgan fingerprint density at radius 2 is 2.06 bits per heavy atom. The molecule has 6 heteroatoms. The summed E-state index contributed by atoms with van der Waals surface area (Å²) in [6.07, 6.45) is 1.07. The third-order valence-electron chi connectivity index (χ3n) is 2.99. The lowest BCUT2D eigenvalue weighted by atomic mass is 9.99. The molecule has 1 aliphatic heterocycles. The van der Waals surface area contributed by atoms with Gasteiger partial charge in [-0.3, -0.25) is 4.79 Å². The van der Waals surface area contributed by atoms with Crippen LogP contribution in [0.1, 0.15) is 33.6 Å². The maximum atomic E-state index is 11.8. The Bertz CT molecular complexity index is 392. The molecule has 0 aromatic rings. The van der Waals surface area contributed by atoms with Gasteiger partial charge >= 0.3 is 0 Å². The van der Waals surface area contributed by atoms with Crippen LogP contribution in [0, 0.1) is 5.92 Å². The van der Waals surface area contributed by atoms with Crippen molar-refractivity contribution in [2.45, 2.75) is 45.2 Å². The number of carbonyl (C=O) groups is 1. The number of sulfone groups is 1. The molecule has 1 aliphatic rings. The number of rotatable bonds is 4. The molecule has 2 unspecified atom stereocenters. The fraction of sp³-hybridized carbons (Fsp3) is 0.909. The molecule has 0 saturated carbocycles. The van der Waals surface area contributed by atoms with Gasteiger partial charge in [-0.05, 0) is 25.7 Å². The van der Waals surface area contributed by atoms with Crippen LogP contribution in [0.5, 0.6) is 0 Å². The van der Waals surface area contributed by atoms with Crippen molar-refractivity contribution in [3.8, 4) is 0 Å². The number of hydrogen-bond acceptors (Lipinski definition) is 4. The zero-order chi connectivity index (χ0) is 13.3. The summed E-state index contributed by atoms with van der Waals surface area (Å²) in [7, 11) is -3.00. The van der Waals surface area contributed by atoms with Crippen molar-refractivity contribution >= 4 is 15.7 Å². The fourth-order valence-electron chi connectivity index (χ4n) is 2.11. The van der Waals surface area contributed by atoms with Gasteiger partial charge in [-0.2, -0.15) is 0 Å². The average molecular weight is 262 g/mol. The van der Waals surface area contributed by atoms with E-state index in [0.717, 1.165) is 0 Å². The first kappa shape index (κ1) is 14.4. The van der Waals surface area contributed by atoms with E-state index in [9.17, 15) is 13.2 Å². The summed E-state index contributed by atoms with van der Waals surface area (Å²) in [5.41, 5.74) is 5.11. The highest BCUT2D eigenvalue weighted by atomic mass is 32.2. The minimum Gasteiger partial charge on any atom is -0.349 e. The van der Waals surface area contributed by atoms with Crippen LogP contribution >= 0.6 is 0 Å². The fourth-order valence-corrected chi connectivity index (χ4v) is 4.21. The van der Waals surface area contributed by atoms with E-state index in [-0.39, 0.29) is 17.4 Å². The Balaban J connectivity index is 2.57. The van der Waals surface area contributed by atoms with E-state index in [4.69, 9.17) is 5.73 Å². The van der Waals surface area contributed by atoms with Crippen LogP contribution in [0.2, 0.25) is 0 Å². The SMILES string of the molecule is CC(C)CC(N)C(=O)NC1(C)CCS(=O)(=O)C1. The van der Waals surface area contributed by atoms with Gasteiger partial charge in [0.25, 0.3) is 0 Å². The molecule has 17 heavy (non-hydrogen) atoms. The van der Waals surface area contributed by atoms with Crippen LogP contribution in [0.25, 0.3) is 0 Å². The average Bonchev–Trinajstić information content (AvgIpc) is 2.39. The zero-order valence-electron chi connectivity index (χ0n) is 10.7. The summed E-state index contributed by atoms with van der Waals surface area (Å²) >= 11 is 0. The topological polar surface area (TPSA) is 89.3 Å². The van der Waals surface area contributed by atoms with E-state index in [2.05, 4.69) is 5.32 Å². The van der Waals surface area contributed by atoms with Crippen LogP contribution in [-0.2, 0) is 14.6 Å². The summed E-state index contributed by atoms with van der Waals surface area (Å²) in [5, 5.41) is 2.77. The number of nitrogens with two attached hydrogens (primary N) is 1. The smallest absolute Gasteiger partial charge is 0.237 e. The Kier molecular flexibility index (Phi) is 4.19. The Morgan fingerprint density at radius 3 is 2.47 bits per heavy atom. The van der Waals surface area contributed by atoms with Crippen LogP contribution in [-0.4, -0.2) is 37.4 Å². The van der Waals surface area contributed by atoms with Gasteiger partial charge in [-0.25, -0.2) is 8.42 Å². The molecule has 1 amide bonds. The molecule has 0 aliphatic carbocycles. The van der Waals surface area contributed by atoms with Gasteiger partial charge in [-0.1, -0.05) is 13.8 Å². The zero-order valence-corrected chi connectivity index (χ0v) is 11.5. The lowest BCUT2D eigenvalue weighted by Gasteiger charge is -2.26. The van der Waals surface area contributed by atoms with Crippen molar-refractivity contribution in [1.82, 2.24) is 5.32 Å². The Morgan fingerprint density at radius 1 is 1.47 bits per heavy atom. The van der Waals surface area contributed by atoms with E-state index >= 15 is 0 Å². The monoisotopic (exact) mass is 262 g/mol. The van der Waals surface area contributed by atoms with Gasteiger partial charge in [0.1, 0.15) is 0 Å². The van der Waals surface area contributed by atoms with Crippen molar-refractivity contribution < 1.29 is 13.2 Å². The number of amides is 1. The van der Waals surface area contributed by atoms with Gasteiger partial charge < -0.3 is 11.1 Å². The first-order chi connectivity index (χ1) is 7.64. The molecule has 0 spiro atoms. The second-order valence-corrected chi connectivity index (χ2v) is 7.81. The van der Waals surface area contributed by atoms with Crippen molar-refractivity contribution in [3.63, 3.8) is 0 Å². The lowest BCUT2D eigenvalue weighted by molar-refractivity contribution is -0.124. The summed E-state index contributed by atoms with van der Waals surface area (Å²) in [6.45, 7) is 5.75. The van der Waals surface area contributed by atoms with E-state index in [1.165, 1.54) is 0 Å². The van der Waals surface area contributed by atoms with Gasteiger partial charge in [0.2, 0.25) is 5.91 Å². The van der Waals surface area contributed by atoms with Gasteiger partial charge in [0.05, 0.1) is 23.1 Å². The maximum Gasteiger partial charge on any atom is 0.237 e. The van der Waals surface area contributed by atoms with E-state index < -0.39 is 21.4 Å². The maximum absolute atomic E-state index is 11.8. The second kappa shape index (κ2) is 4.94. The van der Waals surface area contributed by atoms with Crippen molar-refractivity contribution in [1.29, 1.82) is 0 Å². The number of hydrogen-bond donors (Lipinski definition) is 2. The Labute approximate surface area is 103 Å². The van der Waals surface area contributed by atoms with E-state index in [0.29, 0.717) is 18.8 Å². The molecule has 5 nitrogen and oxygen atoms in total. The summed E-state index contributed by atoms with van der Waals surface area (Å²) < 4.78 is 22.8. The Hall–Kier alpha value is -0.620. The molecule has 3 N–H and O–H groups in total. The van der Waals surface area contributed by atoms with Gasteiger partial charge in [0, 0.05) is 0 Å². The third kappa shape index (κ3) is 4.27.